The van der Waals surface area contributed by atoms with Crippen LogP contribution in [0.3, 0.4) is 0 Å². The number of nitrogens with one attached hydrogen (secondary N) is 2. The zero-order valence-corrected chi connectivity index (χ0v) is 19.8. The van der Waals surface area contributed by atoms with Gasteiger partial charge in [-0.15, -0.1) is 11.3 Å². The third-order valence-corrected chi connectivity index (χ3v) is 7.38. The smallest absolute Gasteiger partial charge is 0.244 e. The molecular weight excluding hydrogens is 473 g/mol. The number of sulfonamides is 1. The predicted octanol–water partition coefficient (Wildman–Crippen LogP) is 4.00. The molecule has 0 aliphatic carbocycles. The molecule has 170 valence electrons. The van der Waals surface area contributed by atoms with Crippen molar-refractivity contribution in [2.75, 3.05) is 24.4 Å². The molecule has 0 aliphatic rings. The minimum atomic E-state index is -4.23. The van der Waals surface area contributed by atoms with Gasteiger partial charge in [-0.3, -0.25) is 4.79 Å². The molecule has 1 atom stereocenters. The molecule has 3 aromatic rings. The number of nitrogens with zero attached hydrogens (tertiary/aromatic N) is 1. The van der Waals surface area contributed by atoms with Gasteiger partial charge < -0.3 is 10.1 Å². The number of halogens is 1. The Bertz CT molecular complexity index is 1170. The Morgan fingerprint density at radius 1 is 1.22 bits per heavy atom. The van der Waals surface area contributed by atoms with Gasteiger partial charge in [0.1, 0.15) is 22.5 Å². The number of amides is 1. The number of benzene rings is 2. The van der Waals surface area contributed by atoms with Crippen molar-refractivity contribution in [1.82, 2.24) is 9.71 Å². The molecule has 32 heavy (non-hydrogen) atoms. The number of carbonyl (C=O) groups is 1. The first-order valence-electron chi connectivity index (χ1n) is 9.50. The zero-order valence-electron chi connectivity index (χ0n) is 17.4. The second-order valence-corrected chi connectivity index (χ2v) is 10.2. The van der Waals surface area contributed by atoms with Crippen molar-refractivity contribution in [3.8, 4) is 17.0 Å². The highest BCUT2D eigenvalue weighted by Crippen LogP contribution is 2.26. The van der Waals surface area contributed by atoms with Gasteiger partial charge in [-0.2, -0.15) is 16.5 Å². The number of hydrogen-bond acceptors (Lipinski definition) is 7. The van der Waals surface area contributed by atoms with E-state index in [1.807, 2.05) is 30.5 Å². The fourth-order valence-corrected chi connectivity index (χ4v) is 5.31. The molecule has 0 spiro atoms. The fraction of sp³-hybridized carbons (Fsp3) is 0.238. The summed E-state index contributed by atoms with van der Waals surface area (Å²) in [5.41, 5.74) is 1.52. The van der Waals surface area contributed by atoms with E-state index in [1.165, 1.54) is 35.2 Å². The Morgan fingerprint density at radius 2 is 1.94 bits per heavy atom. The lowest BCUT2D eigenvalue weighted by atomic mass is 10.2. The Hall–Kier alpha value is -2.47. The van der Waals surface area contributed by atoms with E-state index in [2.05, 4.69) is 15.0 Å². The Morgan fingerprint density at radius 3 is 2.59 bits per heavy atom. The first kappa shape index (κ1) is 24.2. The van der Waals surface area contributed by atoms with Crippen LogP contribution in [0.5, 0.6) is 5.75 Å². The van der Waals surface area contributed by atoms with Crippen LogP contribution in [0.4, 0.5) is 9.52 Å². The molecule has 7 nitrogen and oxygen atoms in total. The second-order valence-electron chi connectivity index (χ2n) is 6.64. The standard InChI is InChI=1S/C21H22FN3O4S3/c1-29-15-9-7-14(8-10-15)18-13-31-21(23-18)24-20(26)17(11-12-30-2)25-32(27,28)19-6-4-3-5-16(19)22/h3-10,13,17,25H,11-12H2,1-2H3,(H,23,24,26). The lowest BCUT2D eigenvalue weighted by molar-refractivity contribution is -0.117. The number of methoxy groups -OCH3 is 1. The highest BCUT2D eigenvalue weighted by atomic mass is 32.2. The second kappa shape index (κ2) is 10.9. The van der Waals surface area contributed by atoms with Crippen LogP contribution in [0.2, 0.25) is 0 Å². The van der Waals surface area contributed by atoms with Crippen molar-refractivity contribution in [2.24, 2.45) is 0 Å². The van der Waals surface area contributed by atoms with Crippen LogP contribution in [0.25, 0.3) is 11.3 Å². The van der Waals surface area contributed by atoms with Crippen LogP contribution >= 0.6 is 23.1 Å². The van der Waals surface area contributed by atoms with Gasteiger partial charge in [0.2, 0.25) is 15.9 Å². The normalized spacial score (nSPS) is 12.3. The van der Waals surface area contributed by atoms with E-state index < -0.39 is 32.7 Å². The Kier molecular flexibility index (Phi) is 8.24. The Labute approximate surface area is 194 Å². The summed E-state index contributed by atoms with van der Waals surface area (Å²) < 4.78 is 46.8. The van der Waals surface area contributed by atoms with Crippen LogP contribution in [-0.4, -0.2) is 44.5 Å². The van der Waals surface area contributed by atoms with Crippen LogP contribution in [0.15, 0.2) is 58.8 Å². The molecule has 1 unspecified atom stereocenters. The number of aromatic nitrogens is 1. The van der Waals surface area contributed by atoms with Crippen molar-refractivity contribution < 1.29 is 22.3 Å². The van der Waals surface area contributed by atoms with Gasteiger partial charge in [-0.25, -0.2) is 17.8 Å². The van der Waals surface area contributed by atoms with E-state index in [4.69, 9.17) is 4.74 Å². The van der Waals surface area contributed by atoms with E-state index in [-0.39, 0.29) is 6.42 Å². The third-order valence-electron chi connectivity index (χ3n) is 4.47. The largest absolute Gasteiger partial charge is 0.497 e. The lowest BCUT2D eigenvalue weighted by Gasteiger charge is -2.17. The topological polar surface area (TPSA) is 97.4 Å². The molecular formula is C21H22FN3O4S3. The number of anilines is 1. The summed E-state index contributed by atoms with van der Waals surface area (Å²) in [4.78, 5) is 16.8. The molecule has 2 aromatic carbocycles. The SMILES string of the molecule is COc1ccc(-c2csc(NC(=O)C(CCSC)NS(=O)(=O)c3ccccc3F)n2)cc1. The minimum absolute atomic E-state index is 0.234. The highest BCUT2D eigenvalue weighted by molar-refractivity contribution is 7.98. The van der Waals surface area contributed by atoms with E-state index in [0.717, 1.165) is 23.4 Å². The molecule has 1 amide bonds. The molecule has 2 N–H and O–H groups in total. The monoisotopic (exact) mass is 495 g/mol. The molecule has 11 heteroatoms. The van der Waals surface area contributed by atoms with Crippen molar-refractivity contribution in [3.63, 3.8) is 0 Å². The van der Waals surface area contributed by atoms with Gasteiger partial charge in [-0.05, 0) is 54.8 Å². The summed E-state index contributed by atoms with van der Waals surface area (Å²) in [5, 5.41) is 4.79. The summed E-state index contributed by atoms with van der Waals surface area (Å²) in [7, 11) is -2.64. The van der Waals surface area contributed by atoms with Gasteiger partial charge in [0, 0.05) is 10.9 Å². The van der Waals surface area contributed by atoms with E-state index >= 15 is 0 Å². The van der Waals surface area contributed by atoms with E-state index in [9.17, 15) is 17.6 Å². The van der Waals surface area contributed by atoms with Crippen molar-refractivity contribution in [3.05, 3.63) is 59.7 Å². The number of thiazole rings is 1. The average Bonchev–Trinajstić information content (AvgIpc) is 3.25. The fourth-order valence-electron chi connectivity index (χ4n) is 2.81. The van der Waals surface area contributed by atoms with Crippen molar-refractivity contribution in [1.29, 1.82) is 0 Å². The van der Waals surface area contributed by atoms with Crippen molar-refractivity contribution in [2.45, 2.75) is 17.4 Å². The van der Waals surface area contributed by atoms with Crippen molar-refractivity contribution >= 4 is 44.2 Å². The minimum Gasteiger partial charge on any atom is -0.497 e. The number of rotatable bonds is 10. The number of ether oxygens (including phenoxy) is 1. The van der Waals surface area contributed by atoms with Crippen LogP contribution in [0, 0.1) is 5.82 Å². The summed E-state index contributed by atoms with van der Waals surface area (Å²) >= 11 is 2.69. The number of thioether (sulfide) groups is 1. The van der Waals surface area contributed by atoms with Gasteiger partial charge in [-0.1, -0.05) is 12.1 Å². The lowest BCUT2D eigenvalue weighted by Crippen LogP contribution is -2.44. The molecule has 1 aromatic heterocycles. The van der Waals surface area contributed by atoms with Gasteiger partial charge in [0.15, 0.2) is 5.13 Å². The third kappa shape index (κ3) is 6.06. The highest BCUT2D eigenvalue weighted by Gasteiger charge is 2.28. The first-order chi connectivity index (χ1) is 15.3. The average molecular weight is 496 g/mol. The zero-order chi connectivity index (χ0) is 23.1. The summed E-state index contributed by atoms with van der Waals surface area (Å²) in [6, 6.07) is 11.3. The molecule has 1 heterocycles. The molecule has 0 saturated carbocycles. The van der Waals surface area contributed by atoms with Crippen LogP contribution < -0.4 is 14.8 Å². The molecule has 0 fully saturated rings. The van der Waals surface area contributed by atoms with Crippen LogP contribution in [0.1, 0.15) is 6.42 Å². The van der Waals surface area contributed by atoms with Gasteiger partial charge in [0.25, 0.3) is 0 Å². The molecule has 0 saturated heterocycles. The van der Waals surface area contributed by atoms with E-state index in [1.54, 1.807) is 12.5 Å². The van der Waals surface area contributed by atoms with E-state index in [0.29, 0.717) is 16.6 Å². The maximum atomic E-state index is 14.0. The predicted molar refractivity (Wildman–Crippen MR) is 126 cm³/mol. The molecule has 0 radical (unpaired) electrons. The summed E-state index contributed by atoms with van der Waals surface area (Å²) in [5.74, 6) is -0.189. The molecule has 0 bridgehead atoms. The Balaban J connectivity index is 1.75. The van der Waals surface area contributed by atoms with Gasteiger partial charge in [0.05, 0.1) is 12.8 Å². The summed E-state index contributed by atoms with van der Waals surface area (Å²) in [6.07, 6.45) is 2.08. The maximum absolute atomic E-state index is 14.0. The first-order valence-corrected chi connectivity index (χ1v) is 13.3. The molecule has 3 rings (SSSR count). The van der Waals surface area contributed by atoms with Gasteiger partial charge >= 0.3 is 0 Å². The quantitative estimate of drug-likeness (QED) is 0.441. The number of hydrogen-bond donors (Lipinski definition) is 2. The molecule has 0 aliphatic heterocycles. The van der Waals surface area contributed by atoms with Crippen LogP contribution in [-0.2, 0) is 14.8 Å². The summed E-state index contributed by atoms with van der Waals surface area (Å²) in [6.45, 7) is 0. The maximum Gasteiger partial charge on any atom is 0.244 e. The number of carbonyl (C=O) groups excluding carboxylic acids is 1.